The fraction of sp³-hybridized carbons (Fsp3) is 0.238. The molecule has 1 N–H and O–H groups in total. The Bertz CT molecular complexity index is 1050. The number of anilines is 3. The molecule has 9 heteroatoms. The van der Waals surface area contributed by atoms with E-state index < -0.39 is 11.7 Å². The number of aromatic nitrogens is 3. The van der Waals surface area contributed by atoms with Crippen LogP contribution in [-0.4, -0.2) is 51.9 Å². The van der Waals surface area contributed by atoms with Gasteiger partial charge in [-0.25, -0.2) is 19.3 Å². The SMILES string of the molecule is Cc1ccnc(Nc2cc(N3CCN(C(=O)c4c(F)cccc4Cl)CC3)ncn2)c1. The maximum Gasteiger partial charge on any atom is 0.258 e. The lowest BCUT2D eigenvalue weighted by atomic mass is 10.1. The lowest BCUT2D eigenvalue weighted by Gasteiger charge is -2.35. The highest BCUT2D eigenvalue weighted by Gasteiger charge is 2.26. The summed E-state index contributed by atoms with van der Waals surface area (Å²) >= 11 is 6.03. The monoisotopic (exact) mass is 426 g/mol. The summed E-state index contributed by atoms with van der Waals surface area (Å²) in [4.78, 5) is 29.3. The molecule has 2 aromatic heterocycles. The second-order valence-electron chi connectivity index (χ2n) is 6.98. The molecule has 1 fully saturated rings. The van der Waals surface area contributed by atoms with Gasteiger partial charge in [-0.3, -0.25) is 4.79 Å². The second kappa shape index (κ2) is 8.62. The maximum atomic E-state index is 14.1. The van der Waals surface area contributed by atoms with E-state index in [9.17, 15) is 9.18 Å². The fourth-order valence-electron chi connectivity index (χ4n) is 3.32. The van der Waals surface area contributed by atoms with Gasteiger partial charge in [-0.2, -0.15) is 0 Å². The summed E-state index contributed by atoms with van der Waals surface area (Å²) in [5.41, 5.74) is 1.02. The Morgan fingerprint density at radius 1 is 1.07 bits per heavy atom. The number of nitrogens with zero attached hydrogens (tertiary/aromatic N) is 5. The minimum absolute atomic E-state index is 0.0770. The number of rotatable bonds is 4. The molecule has 0 spiro atoms. The smallest absolute Gasteiger partial charge is 0.258 e. The van der Waals surface area contributed by atoms with Gasteiger partial charge in [0.05, 0.1) is 10.6 Å². The highest BCUT2D eigenvalue weighted by atomic mass is 35.5. The molecule has 1 saturated heterocycles. The lowest BCUT2D eigenvalue weighted by Crippen LogP contribution is -2.49. The van der Waals surface area contributed by atoms with Crippen molar-refractivity contribution in [1.29, 1.82) is 0 Å². The van der Waals surface area contributed by atoms with E-state index in [4.69, 9.17) is 11.6 Å². The molecule has 3 heterocycles. The number of aryl methyl sites for hydroxylation is 1. The highest BCUT2D eigenvalue weighted by molar-refractivity contribution is 6.33. The van der Waals surface area contributed by atoms with Crippen molar-refractivity contribution in [3.63, 3.8) is 0 Å². The summed E-state index contributed by atoms with van der Waals surface area (Å²) in [6.07, 6.45) is 3.22. The number of carbonyl (C=O) groups excluding carboxylic acids is 1. The van der Waals surface area contributed by atoms with Crippen LogP contribution in [0.3, 0.4) is 0 Å². The Kier molecular flexibility index (Phi) is 5.76. The molecule has 1 aliphatic rings. The molecule has 0 bridgehead atoms. The van der Waals surface area contributed by atoms with Gasteiger partial charge in [0.2, 0.25) is 0 Å². The van der Waals surface area contributed by atoms with Crippen LogP contribution in [0, 0.1) is 12.7 Å². The molecular formula is C21H20ClFN6O. The van der Waals surface area contributed by atoms with Crippen molar-refractivity contribution in [1.82, 2.24) is 19.9 Å². The van der Waals surface area contributed by atoms with Gasteiger partial charge in [-0.15, -0.1) is 0 Å². The third kappa shape index (κ3) is 4.33. The van der Waals surface area contributed by atoms with Crippen LogP contribution >= 0.6 is 11.6 Å². The zero-order chi connectivity index (χ0) is 21.1. The van der Waals surface area contributed by atoms with Crippen LogP contribution in [0.5, 0.6) is 0 Å². The molecule has 1 aromatic carbocycles. The number of nitrogens with one attached hydrogen (secondary N) is 1. The standard InChI is InChI=1S/C21H20ClFN6O/c1-14-5-6-24-17(11-14)27-18-12-19(26-13-25-18)28-7-9-29(10-8-28)21(30)20-15(22)3-2-4-16(20)23/h2-6,11-13H,7-10H2,1H3,(H,24,25,26,27). The van der Waals surface area contributed by atoms with Gasteiger partial charge >= 0.3 is 0 Å². The molecule has 30 heavy (non-hydrogen) atoms. The number of hydrogen-bond donors (Lipinski definition) is 1. The number of carbonyl (C=O) groups is 1. The topological polar surface area (TPSA) is 74.2 Å². The molecule has 0 saturated carbocycles. The van der Waals surface area contributed by atoms with Gasteiger partial charge in [0, 0.05) is 38.4 Å². The second-order valence-corrected chi connectivity index (χ2v) is 7.39. The Hall–Kier alpha value is -3.26. The molecule has 0 aliphatic carbocycles. The van der Waals surface area contributed by atoms with E-state index in [2.05, 4.69) is 25.2 Å². The number of amides is 1. The van der Waals surface area contributed by atoms with Crippen molar-refractivity contribution in [2.45, 2.75) is 6.92 Å². The molecule has 4 rings (SSSR count). The molecular weight excluding hydrogens is 407 g/mol. The fourth-order valence-corrected chi connectivity index (χ4v) is 3.57. The molecule has 0 atom stereocenters. The quantitative estimate of drug-likeness (QED) is 0.686. The van der Waals surface area contributed by atoms with E-state index in [0.29, 0.717) is 37.8 Å². The predicted octanol–water partition coefficient (Wildman–Crippen LogP) is 3.68. The predicted molar refractivity (Wildman–Crippen MR) is 114 cm³/mol. The Morgan fingerprint density at radius 3 is 2.57 bits per heavy atom. The molecule has 7 nitrogen and oxygen atoms in total. The Morgan fingerprint density at radius 2 is 1.83 bits per heavy atom. The van der Waals surface area contributed by atoms with Crippen LogP contribution in [0.2, 0.25) is 5.02 Å². The van der Waals surface area contributed by atoms with Crippen LogP contribution < -0.4 is 10.2 Å². The van der Waals surface area contributed by atoms with Crippen LogP contribution in [0.15, 0.2) is 48.9 Å². The average molecular weight is 427 g/mol. The lowest BCUT2D eigenvalue weighted by molar-refractivity contribution is 0.0742. The van der Waals surface area contributed by atoms with Crippen LogP contribution in [0.1, 0.15) is 15.9 Å². The molecule has 0 radical (unpaired) electrons. The van der Waals surface area contributed by atoms with Gasteiger partial charge in [-0.05, 0) is 36.8 Å². The summed E-state index contributed by atoms with van der Waals surface area (Å²) in [5.74, 6) is 1.09. The normalized spacial score (nSPS) is 14.0. The number of halogens is 2. The first-order valence-electron chi connectivity index (χ1n) is 9.51. The Labute approximate surface area is 178 Å². The van der Waals surface area contributed by atoms with Crippen molar-refractivity contribution in [3.8, 4) is 0 Å². The highest BCUT2D eigenvalue weighted by Crippen LogP contribution is 2.23. The molecule has 154 valence electrons. The summed E-state index contributed by atoms with van der Waals surface area (Å²) in [5, 5.41) is 3.30. The average Bonchev–Trinajstić information content (AvgIpc) is 2.74. The van der Waals surface area contributed by atoms with Gasteiger partial charge < -0.3 is 15.1 Å². The minimum Gasteiger partial charge on any atom is -0.353 e. The largest absolute Gasteiger partial charge is 0.353 e. The van der Waals surface area contributed by atoms with E-state index in [1.165, 1.54) is 24.5 Å². The van der Waals surface area contributed by atoms with Crippen molar-refractivity contribution in [2.24, 2.45) is 0 Å². The third-order valence-electron chi connectivity index (χ3n) is 4.89. The first-order chi connectivity index (χ1) is 14.5. The number of piperazine rings is 1. The maximum absolute atomic E-state index is 14.1. The van der Waals surface area contributed by atoms with Crippen LogP contribution in [-0.2, 0) is 0 Å². The third-order valence-corrected chi connectivity index (χ3v) is 5.21. The summed E-state index contributed by atoms with van der Waals surface area (Å²) in [7, 11) is 0. The van der Waals surface area contributed by atoms with E-state index in [-0.39, 0.29) is 10.6 Å². The van der Waals surface area contributed by atoms with Gasteiger partial charge in [-0.1, -0.05) is 17.7 Å². The molecule has 1 aliphatic heterocycles. The summed E-state index contributed by atoms with van der Waals surface area (Å²) in [6.45, 7) is 4.01. The van der Waals surface area contributed by atoms with Gasteiger partial charge in [0.25, 0.3) is 5.91 Å². The zero-order valence-electron chi connectivity index (χ0n) is 16.3. The summed E-state index contributed by atoms with van der Waals surface area (Å²) in [6, 6.07) is 9.95. The van der Waals surface area contributed by atoms with E-state index in [1.807, 2.05) is 25.1 Å². The number of hydrogen-bond acceptors (Lipinski definition) is 6. The zero-order valence-corrected chi connectivity index (χ0v) is 17.1. The Balaban J connectivity index is 1.42. The van der Waals surface area contributed by atoms with Gasteiger partial charge in [0.15, 0.2) is 0 Å². The van der Waals surface area contributed by atoms with Crippen molar-refractivity contribution < 1.29 is 9.18 Å². The minimum atomic E-state index is -0.605. The number of benzene rings is 1. The molecule has 1 amide bonds. The van der Waals surface area contributed by atoms with Gasteiger partial charge in [0.1, 0.15) is 29.6 Å². The van der Waals surface area contributed by atoms with Crippen LogP contribution in [0.25, 0.3) is 0 Å². The number of pyridine rings is 1. The summed E-state index contributed by atoms with van der Waals surface area (Å²) < 4.78 is 14.1. The van der Waals surface area contributed by atoms with Crippen LogP contribution in [0.4, 0.5) is 21.8 Å². The first kappa shape index (κ1) is 20.0. The molecule has 3 aromatic rings. The molecule has 0 unspecified atom stereocenters. The van der Waals surface area contributed by atoms with Crippen molar-refractivity contribution in [2.75, 3.05) is 36.4 Å². The van der Waals surface area contributed by atoms with E-state index in [0.717, 1.165) is 11.4 Å². The van der Waals surface area contributed by atoms with E-state index >= 15 is 0 Å². The van der Waals surface area contributed by atoms with Crippen molar-refractivity contribution in [3.05, 3.63) is 70.9 Å². The van der Waals surface area contributed by atoms with E-state index in [1.54, 1.807) is 11.1 Å². The first-order valence-corrected chi connectivity index (χ1v) is 9.89. The van der Waals surface area contributed by atoms with Crippen molar-refractivity contribution >= 4 is 35.0 Å².